The zero-order chi connectivity index (χ0) is 21.1. The van der Waals surface area contributed by atoms with Gasteiger partial charge in [0, 0.05) is 31.8 Å². The number of nitro groups is 1. The van der Waals surface area contributed by atoms with E-state index < -0.39 is 16.6 Å². The molecular formula is C23H27N3O4. The van der Waals surface area contributed by atoms with Crippen molar-refractivity contribution in [2.75, 3.05) is 31.1 Å². The van der Waals surface area contributed by atoms with Crippen molar-refractivity contribution in [2.24, 2.45) is 0 Å². The minimum absolute atomic E-state index is 0.00998. The normalized spacial score (nSPS) is 21.7. The Morgan fingerprint density at radius 2 is 1.87 bits per heavy atom. The summed E-state index contributed by atoms with van der Waals surface area (Å²) in [6.07, 6.45) is 2.13. The summed E-state index contributed by atoms with van der Waals surface area (Å²) >= 11 is 0. The highest BCUT2D eigenvalue weighted by Gasteiger charge is 2.45. The first-order valence-corrected chi connectivity index (χ1v) is 10.5. The molecule has 0 saturated carbocycles. The maximum Gasteiger partial charge on any atom is 0.271 e. The van der Waals surface area contributed by atoms with Crippen LogP contribution in [0.5, 0.6) is 0 Å². The molecule has 30 heavy (non-hydrogen) atoms. The van der Waals surface area contributed by atoms with E-state index in [1.165, 1.54) is 17.7 Å². The molecule has 158 valence electrons. The summed E-state index contributed by atoms with van der Waals surface area (Å²) in [6.45, 7) is 5.04. The second-order valence-electron chi connectivity index (χ2n) is 8.22. The van der Waals surface area contributed by atoms with Crippen LogP contribution in [0.15, 0.2) is 54.6 Å². The van der Waals surface area contributed by atoms with E-state index in [0.29, 0.717) is 12.2 Å². The van der Waals surface area contributed by atoms with Gasteiger partial charge >= 0.3 is 0 Å². The smallest absolute Gasteiger partial charge is 0.271 e. The van der Waals surface area contributed by atoms with Crippen LogP contribution in [-0.2, 0) is 16.0 Å². The maximum absolute atomic E-state index is 12.8. The van der Waals surface area contributed by atoms with Gasteiger partial charge in [-0.2, -0.15) is 0 Å². The minimum atomic E-state index is -0.561. The second-order valence-corrected chi connectivity index (χ2v) is 8.22. The Morgan fingerprint density at radius 3 is 2.57 bits per heavy atom. The number of amides is 1. The highest BCUT2D eigenvalue weighted by atomic mass is 16.6. The third-order valence-corrected chi connectivity index (χ3v) is 6.17. The van der Waals surface area contributed by atoms with Crippen molar-refractivity contribution in [3.05, 3.63) is 70.3 Å². The molecule has 4 rings (SSSR count). The number of nitrogens with zero attached hydrogens (tertiary/aromatic N) is 3. The molecule has 0 N–H and O–H groups in total. The summed E-state index contributed by atoms with van der Waals surface area (Å²) in [4.78, 5) is 27.6. The van der Waals surface area contributed by atoms with Crippen LogP contribution in [0, 0.1) is 10.1 Å². The number of carbonyl (C=O) groups is 1. The van der Waals surface area contributed by atoms with Gasteiger partial charge in [0.15, 0.2) is 0 Å². The Balaban J connectivity index is 1.43. The van der Waals surface area contributed by atoms with Gasteiger partial charge in [-0.25, -0.2) is 0 Å². The van der Waals surface area contributed by atoms with E-state index in [0.717, 1.165) is 38.9 Å². The number of non-ortho nitro benzene ring substituents is 1. The first-order valence-electron chi connectivity index (χ1n) is 10.5. The van der Waals surface area contributed by atoms with Crippen molar-refractivity contribution in [1.29, 1.82) is 0 Å². The Kier molecular flexibility index (Phi) is 5.83. The van der Waals surface area contributed by atoms with E-state index in [1.807, 2.05) is 6.07 Å². The predicted molar refractivity (Wildman–Crippen MR) is 115 cm³/mol. The molecule has 2 fully saturated rings. The number of hydrogen-bond acceptors (Lipinski definition) is 5. The summed E-state index contributed by atoms with van der Waals surface area (Å²) in [5, 5.41) is 11.1. The Bertz CT molecular complexity index is 910. The van der Waals surface area contributed by atoms with Gasteiger partial charge in [0.05, 0.1) is 22.8 Å². The fourth-order valence-corrected chi connectivity index (χ4v) is 4.43. The molecule has 2 saturated heterocycles. The first kappa shape index (κ1) is 20.5. The highest BCUT2D eigenvalue weighted by molar-refractivity contribution is 5.97. The zero-order valence-corrected chi connectivity index (χ0v) is 17.2. The van der Waals surface area contributed by atoms with E-state index in [2.05, 4.69) is 29.2 Å². The lowest BCUT2D eigenvalue weighted by Crippen LogP contribution is -2.61. The number of carbonyl (C=O) groups excluding carboxylic acids is 1. The van der Waals surface area contributed by atoms with Gasteiger partial charge in [0.2, 0.25) is 0 Å². The van der Waals surface area contributed by atoms with Crippen LogP contribution < -0.4 is 4.90 Å². The Hall–Kier alpha value is -2.77. The van der Waals surface area contributed by atoms with Crippen LogP contribution >= 0.6 is 0 Å². The van der Waals surface area contributed by atoms with Crippen molar-refractivity contribution in [2.45, 2.75) is 37.9 Å². The SMILES string of the molecule is CC1OC2(CCN(CCc3ccccc3)CC2)CN(c2cccc([N+](=O)[O-])c2)C1=O. The second kappa shape index (κ2) is 8.53. The first-order chi connectivity index (χ1) is 14.5. The largest absolute Gasteiger partial charge is 0.360 e. The third-order valence-electron chi connectivity index (χ3n) is 6.17. The van der Waals surface area contributed by atoms with E-state index >= 15 is 0 Å². The molecule has 2 aliphatic rings. The molecule has 2 heterocycles. The molecule has 1 spiro atoms. The molecule has 0 bridgehead atoms. The molecule has 0 radical (unpaired) electrons. The van der Waals surface area contributed by atoms with Crippen LogP contribution in [0.3, 0.4) is 0 Å². The van der Waals surface area contributed by atoms with Crippen LogP contribution in [0.2, 0.25) is 0 Å². The Labute approximate surface area is 176 Å². The molecule has 1 unspecified atom stereocenters. The number of anilines is 1. The zero-order valence-electron chi connectivity index (χ0n) is 17.2. The number of morpholine rings is 1. The van der Waals surface area contributed by atoms with Gasteiger partial charge in [0.25, 0.3) is 11.6 Å². The molecule has 7 nitrogen and oxygen atoms in total. The highest BCUT2D eigenvalue weighted by Crippen LogP contribution is 2.35. The van der Waals surface area contributed by atoms with E-state index in [4.69, 9.17) is 4.74 Å². The fraction of sp³-hybridized carbons (Fsp3) is 0.435. The molecule has 7 heteroatoms. The number of benzene rings is 2. The summed E-state index contributed by atoms with van der Waals surface area (Å²) in [6, 6.07) is 16.8. The van der Waals surface area contributed by atoms with E-state index in [9.17, 15) is 14.9 Å². The lowest BCUT2D eigenvalue weighted by atomic mass is 9.88. The summed E-state index contributed by atoms with van der Waals surface area (Å²) in [5.74, 6) is -0.146. The lowest BCUT2D eigenvalue weighted by molar-refractivity contribution is -0.384. The van der Waals surface area contributed by atoms with Gasteiger partial charge < -0.3 is 14.5 Å². The van der Waals surface area contributed by atoms with Crippen molar-refractivity contribution in [3.63, 3.8) is 0 Å². The molecule has 0 aromatic heterocycles. The van der Waals surface area contributed by atoms with Crippen LogP contribution in [0.4, 0.5) is 11.4 Å². The monoisotopic (exact) mass is 409 g/mol. The van der Waals surface area contributed by atoms with E-state index in [1.54, 1.807) is 24.0 Å². The molecule has 0 aliphatic carbocycles. The number of piperidine rings is 1. The number of rotatable bonds is 5. The maximum atomic E-state index is 12.8. The predicted octanol–water partition coefficient (Wildman–Crippen LogP) is 3.42. The van der Waals surface area contributed by atoms with Crippen molar-refractivity contribution < 1.29 is 14.5 Å². The number of hydrogen-bond donors (Lipinski definition) is 0. The topological polar surface area (TPSA) is 75.9 Å². The minimum Gasteiger partial charge on any atom is -0.360 e. The van der Waals surface area contributed by atoms with E-state index in [-0.39, 0.29) is 11.6 Å². The molecule has 1 atom stereocenters. The van der Waals surface area contributed by atoms with Crippen molar-refractivity contribution in [3.8, 4) is 0 Å². The molecule has 1 amide bonds. The average Bonchev–Trinajstić information content (AvgIpc) is 2.77. The standard InChI is InChI=1S/C23H27N3O4/c1-18-22(27)25(20-8-5-9-21(16-20)26(28)29)17-23(30-18)11-14-24(15-12-23)13-10-19-6-3-2-4-7-19/h2-9,16,18H,10-15,17H2,1H3. The average molecular weight is 409 g/mol. The molecule has 2 aromatic rings. The van der Waals surface area contributed by atoms with Crippen molar-refractivity contribution in [1.82, 2.24) is 4.90 Å². The van der Waals surface area contributed by atoms with Crippen LogP contribution in [-0.4, -0.2) is 53.6 Å². The third kappa shape index (κ3) is 4.37. The number of likely N-dealkylation sites (tertiary alicyclic amines) is 1. The molecule has 2 aliphatic heterocycles. The summed E-state index contributed by atoms with van der Waals surface area (Å²) in [7, 11) is 0. The number of ether oxygens (including phenoxy) is 1. The van der Waals surface area contributed by atoms with Crippen molar-refractivity contribution >= 4 is 17.3 Å². The number of nitro benzene ring substituents is 1. The van der Waals surface area contributed by atoms with Gasteiger partial charge in [-0.1, -0.05) is 36.4 Å². The Morgan fingerprint density at radius 1 is 1.13 bits per heavy atom. The fourth-order valence-electron chi connectivity index (χ4n) is 4.43. The van der Waals surface area contributed by atoms with Gasteiger partial charge in [-0.15, -0.1) is 0 Å². The van der Waals surface area contributed by atoms with Gasteiger partial charge in [0.1, 0.15) is 6.10 Å². The summed E-state index contributed by atoms with van der Waals surface area (Å²) in [5.41, 5.74) is 1.49. The summed E-state index contributed by atoms with van der Waals surface area (Å²) < 4.78 is 6.22. The molecule has 2 aromatic carbocycles. The van der Waals surface area contributed by atoms with Crippen LogP contribution in [0.1, 0.15) is 25.3 Å². The molecular weight excluding hydrogens is 382 g/mol. The lowest BCUT2D eigenvalue weighted by Gasteiger charge is -2.49. The quantitative estimate of drug-likeness (QED) is 0.559. The van der Waals surface area contributed by atoms with Crippen LogP contribution in [0.25, 0.3) is 0 Å². The van der Waals surface area contributed by atoms with Gasteiger partial charge in [-0.05, 0) is 37.8 Å². The van der Waals surface area contributed by atoms with Gasteiger partial charge in [-0.3, -0.25) is 14.9 Å².